The Kier molecular flexibility index (Phi) is 5.47. The summed E-state index contributed by atoms with van der Waals surface area (Å²) in [7, 11) is 1.23. The molecule has 5 heterocycles. The molecule has 0 amide bonds. The van der Waals surface area contributed by atoms with Gasteiger partial charge in [-0.15, -0.1) is 0 Å². The molecular weight excluding hydrogens is 610 g/mol. The van der Waals surface area contributed by atoms with Crippen molar-refractivity contribution >= 4 is 33.5 Å². The van der Waals surface area contributed by atoms with Gasteiger partial charge >= 0.3 is 5.97 Å². The van der Waals surface area contributed by atoms with E-state index in [4.69, 9.17) is 23.4 Å². The summed E-state index contributed by atoms with van der Waals surface area (Å²) in [4.78, 5) is 46.3. The lowest BCUT2D eigenvalue weighted by Gasteiger charge is -2.47. The van der Waals surface area contributed by atoms with Gasteiger partial charge in [0.15, 0.2) is 29.2 Å². The largest absolute Gasteiger partial charge is 0.465 e. The van der Waals surface area contributed by atoms with Crippen LogP contribution in [0, 0.1) is 5.92 Å². The normalized spacial score (nSPS) is 30.9. The summed E-state index contributed by atoms with van der Waals surface area (Å²) in [5.74, 6) is -2.69. The number of rotatable bonds is 2. The van der Waals surface area contributed by atoms with E-state index in [1.807, 2.05) is 62.4 Å². The molecule has 5 aromatic rings. The Bertz CT molecular complexity index is 2320. The number of methoxy groups -OCH3 is 1. The summed E-state index contributed by atoms with van der Waals surface area (Å²) in [5.41, 5.74) is -0.375. The molecule has 0 bridgehead atoms. The summed E-state index contributed by atoms with van der Waals surface area (Å²) in [6.45, 7) is 4.09. The molecule has 1 aromatic heterocycles. The van der Waals surface area contributed by atoms with Gasteiger partial charge in [0.25, 0.3) is 0 Å². The van der Waals surface area contributed by atoms with E-state index in [2.05, 4.69) is 17.0 Å². The molecule has 0 radical (unpaired) electrons. The molecule has 10 rings (SSSR count). The van der Waals surface area contributed by atoms with Crippen molar-refractivity contribution in [3.63, 3.8) is 0 Å². The molecule has 48 heavy (non-hydrogen) atoms. The second kappa shape index (κ2) is 9.27. The van der Waals surface area contributed by atoms with Crippen molar-refractivity contribution in [2.75, 3.05) is 7.11 Å². The second-order valence-electron chi connectivity index (χ2n) is 13.9. The highest BCUT2D eigenvalue weighted by Crippen LogP contribution is 2.71. The van der Waals surface area contributed by atoms with Gasteiger partial charge in [-0.3, -0.25) is 14.5 Å². The van der Waals surface area contributed by atoms with Gasteiger partial charge in [-0.1, -0.05) is 72.8 Å². The zero-order chi connectivity index (χ0) is 32.7. The van der Waals surface area contributed by atoms with Crippen LogP contribution in [0.1, 0.15) is 57.0 Å². The van der Waals surface area contributed by atoms with Crippen LogP contribution in [-0.2, 0) is 43.1 Å². The van der Waals surface area contributed by atoms with Crippen molar-refractivity contribution in [2.45, 2.75) is 62.2 Å². The average Bonchev–Trinajstić information content (AvgIpc) is 3.73. The van der Waals surface area contributed by atoms with Crippen LogP contribution < -0.4 is 5.43 Å². The molecule has 4 aromatic carbocycles. The number of ketones is 1. The molecule has 1 spiro atoms. The quantitative estimate of drug-likeness (QED) is 0.228. The summed E-state index contributed by atoms with van der Waals surface area (Å²) in [5, 5.41) is 1.94. The van der Waals surface area contributed by atoms with Crippen molar-refractivity contribution in [2.24, 2.45) is 5.92 Å². The van der Waals surface area contributed by atoms with Crippen LogP contribution in [0.2, 0.25) is 0 Å². The molecule has 1 aliphatic carbocycles. The summed E-state index contributed by atoms with van der Waals surface area (Å²) < 4.78 is 32.5. The van der Waals surface area contributed by atoms with Crippen LogP contribution in [0.15, 0.2) is 94.1 Å². The van der Waals surface area contributed by atoms with Crippen LogP contribution in [0.4, 0.5) is 0 Å². The van der Waals surface area contributed by atoms with Gasteiger partial charge in [0.1, 0.15) is 22.8 Å². The van der Waals surface area contributed by atoms with Crippen LogP contribution in [0.3, 0.4) is 0 Å². The topological polar surface area (TPSA) is 105 Å². The highest BCUT2D eigenvalue weighted by Gasteiger charge is 2.84. The number of carbonyl (C=O) groups is 2. The number of fused-ring (bicyclic) bond motifs is 10. The van der Waals surface area contributed by atoms with Gasteiger partial charge in [0.05, 0.1) is 12.5 Å². The van der Waals surface area contributed by atoms with Gasteiger partial charge < -0.3 is 23.4 Å². The van der Waals surface area contributed by atoms with Crippen LogP contribution in [-0.4, -0.2) is 48.0 Å². The number of ether oxygens (including phenoxy) is 4. The SMILES string of the molecule is COC(=O)c1c([C@@]23O[C@H]4OC(C)(C)O[C@H]4[C@@H]2C2Cc4ccccc4CN2[C@]32C(=O)c3cccc4cccc2c34)oc2ccccc2c1=O. The van der Waals surface area contributed by atoms with E-state index >= 15 is 4.79 Å². The fourth-order valence-corrected chi connectivity index (χ4v) is 9.71. The monoisotopic (exact) mass is 641 g/mol. The van der Waals surface area contributed by atoms with Gasteiger partial charge in [-0.25, -0.2) is 4.79 Å². The molecule has 9 nitrogen and oxygen atoms in total. The first-order valence-electron chi connectivity index (χ1n) is 16.3. The summed E-state index contributed by atoms with van der Waals surface area (Å²) in [6, 6.07) is 26.3. The number of para-hydroxylation sites is 1. The Hall–Kier alpha value is -4.67. The number of esters is 1. The van der Waals surface area contributed by atoms with E-state index in [-0.39, 0.29) is 34.1 Å². The molecule has 3 fully saturated rings. The number of benzene rings is 4. The third kappa shape index (κ3) is 3.18. The number of hydrogen-bond acceptors (Lipinski definition) is 9. The Morgan fingerprint density at radius 3 is 2.44 bits per heavy atom. The van der Waals surface area contributed by atoms with Crippen molar-refractivity contribution in [1.82, 2.24) is 4.90 Å². The van der Waals surface area contributed by atoms with Crippen LogP contribution in [0.25, 0.3) is 21.7 Å². The predicted octanol–water partition coefficient (Wildman–Crippen LogP) is 5.58. The number of hydrogen-bond donors (Lipinski definition) is 0. The Morgan fingerprint density at radius 1 is 0.875 bits per heavy atom. The maximum absolute atomic E-state index is 15.7. The first kappa shape index (κ1) is 28.4. The van der Waals surface area contributed by atoms with Gasteiger partial charge in [-0.05, 0) is 59.9 Å². The Balaban J connectivity index is 1.39. The molecule has 4 aliphatic heterocycles. The smallest absolute Gasteiger partial charge is 0.345 e. The van der Waals surface area contributed by atoms with Crippen molar-refractivity contribution < 1.29 is 33.0 Å². The number of carbonyl (C=O) groups excluding carboxylic acids is 2. The summed E-state index contributed by atoms with van der Waals surface area (Å²) >= 11 is 0. The average molecular weight is 642 g/mol. The Labute approximate surface area is 274 Å². The van der Waals surface area contributed by atoms with E-state index in [9.17, 15) is 9.59 Å². The van der Waals surface area contributed by atoms with Crippen molar-refractivity contribution in [3.8, 4) is 0 Å². The molecule has 0 saturated carbocycles. The first-order valence-corrected chi connectivity index (χ1v) is 16.3. The highest BCUT2D eigenvalue weighted by atomic mass is 16.8. The molecule has 6 atom stereocenters. The predicted molar refractivity (Wildman–Crippen MR) is 173 cm³/mol. The second-order valence-corrected chi connectivity index (χ2v) is 13.9. The van der Waals surface area contributed by atoms with Crippen molar-refractivity contribution in [1.29, 1.82) is 0 Å². The Morgan fingerprint density at radius 2 is 1.62 bits per heavy atom. The van der Waals surface area contributed by atoms with Crippen LogP contribution >= 0.6 is 0 Å². The maximum atomic E-state index is 15.7. The fraction of sp³-hybridized carbons (Fsp3) is 0.308. The highest BCUT2D eigenvalue weighted by molar-refractivity contribution is 6.21. The van der Waals surface area contributed by atoms with E-state index in [0.717, 1.165) is 27.5 Å². The zero-order valence-corrected chi connectivity index (χ0v) is 26.5. The van der Waals surface area contributed by atoms with E-state index < -0.39 is 46.6 Å². The van der Waals surface area contributed by atoms with E-state index in [1.165, 1.54) is 7.11 Å². The first-order chi connectivity index (χ1) is 23.2. The molecule has 240 valence electrons. The number of Topliss-reactive ketones (excluding diaryl/α,β-unsaturated/α-hetero) is 1. The molecule has 9 heteroatoms. The lowest BCUT2D eigenvalue weighted by Crippen LogP contribution is -2.60. The molecule has 1 unspecified atom stereocenters. The minimum atomic E-state index is -1.75. The van der Waals surface area contributed by atoms with E-state index in [0.29, 0.717) is 18.5 Å². The molecule has 5 aliphatic rings. The molecular formula is C39H31NO8. The van der Waals surface area contributed by atoms with E-state index in [1.54, 1.807) is 24.3 Å². The lowest BCUT2D eigenvalue weighted by molar-refractivity contribution is -0.248. The van der Waals surface area contributed by atoms with Gasteiger partial charge in [0.2, 0.25) is 5.43 Å². The fourth-order valence-electron chi connectivity index (χ4n) is 9.71. The minimum absolute atomic E-state index is 0.0425. The zero-order valence-electron chi connectivity index (χ0n) is 26.5. The number of nitrogens with zero attached hydrogens (tertiary/aromatic N) is 1. The minimum Gasteiger partial charge on any atom is -0.465 e. The molecule has 0 N–H and O–H groups in total. The molecule has 3 saturated heterocycles. The van der Waals surface area contributed by atoms with Crippen LogP contribution in [0.5, 0.6) is 0 Å². The van der Waals surface area contributed by atoms with Crippen molar-refractivity contribution in [3.05, 3.63) is 129 Å². The maximum Gasteiger partial charge on any atom is 0.345 e. The third-order valence-corrected chi connectivity index (χ3v) is 11.3. The van der Waals surface area contributed by atoms with Gasteiger partial charge in [-0.2, -0.15) is 0 Å². The third-order valence-electron chi connectivity index (χ3n) is 11.3. The summed E-state index contributed by atoms with van der Waals surface area (Å²) in [6.07, 6.45) is -1.000. The van der Waals surface area contributed by atoms with Gasteiger partial charge in [0, 0.05) is 24.1 Å². The lowest BCUT2D eigenvalue weighted by atomic mass is 9.67. The standard InChI is InChI=1S/C39H31NO8/c1-37(2)46-32-30-26-18-21-10-4-5-11-22(21)19-40(26)38(25-16-9-13-20-12-8-15-24(28(20)25)33(38)42)39(30,48-36(32)47-37)34-29(35(43)44-3)31(41)23-14-6-7-17-27(23)45-34/h4-17,26,30,32,36H,18-19H2,1-3H3/t26?,30-,32-,36+,38+,39-/m0/s1.